The molecule has 0 aliphatic heterocycles. The lowest BCUT2D eigenvalue weighted by Gasteiger charge is -2.16. The Labute approximate surface area is 130 Å². The van der Waals surface area contributed by atoms with Crippen LogP contribution in [-0.2, 0) is 6.54 Å². The number of nitriles is 1. The summed E-state index contributed by atoms with van der Waals surface area (Å²) in [5.41, 5.74) is 2.64. The Morgan fingerprint density at radius 2 is 2.05 bits per heavy atom. The molecule has 2 rings (SSSR count). The fraction of sp³-hybridized carbons (Fsp3) is 0.235. The van der Waals surface area contributed by atoms with Crippen molar-refractivity contribution in [2.45, 2.75) is 19.5 Å². The van der Waals surface area contributed by atoms with Gasteiger partial charge in [-0.05, 0) is 36.2 Å². The largest absolute Gasteiger partial charge is 0.495 e. The van der Waals surface area contributed by atoms with Gasteiger partial charge < -0.3 is 10.1 Å². The van der Waals surface area contributed by atoms with Gasteiger partial charge in [0, 0.05) is 17.6 Å². The zero-order valence-electron chi connectivity index (χ0n) is 12.1. The summed E-state index contributed by atoms with van der Waals surface area (Å²) in [5.74, 6) is 0.598. The maximum atomic E-state index is 9.10. The Bertz CT molecular complexity index is 664. The van der Waals surface area contributed by atoms with Crippen LogP contribution in [0, 0.1) is 11.3 Å². The van der Waals surface area contributed by atoms with E-state index < -0.39 is 0 Å². The SMILES string of the molecule is COc1ccc(CN[C@@H](C)c2ccccc2Cl)cc1C#N. The van der Waals surface area contributed by atoms with Gasteiger partial charge in [0.15, 0.2) is 0 Å². The van der Waals surface area contributed by atoms with Gasteiger partial charge in [-0.1, -0.05) is 35.9 Å². The lowest BCUT2D eigenvalue weighted by atomic mass is 10.1. The maximum Gasteiger partial charge on any atom is 0.136 e. The number of ether oxygens (including phenoxy) is 1. The van der Waals surface area contributed by atoms with Crippen LogP contribution in [0.3, 0.4) is 0 Å². The fourth-order valence-electron chi connectivity index (χ4n) is 2.16. The Hall–Kier alpha value is -2.02. The van der Waals surface area contributed by atoms with E-state index in [0.29, 0.717) is 17.9 Å². The topological polar surface area (TPSA) is 45.0 Å². The highest BCUT2D eigenvalue weighted by Gasteiger charge is 2.09. The quantitative estimate of drug-likeness (QED) is 0.905. The van der Waals surface area contributed by atoms with Crippen LogP contribution in [0.5, 0.6) is 5.75 Å². The molecule has 0 unspecified atom stereocenters. The van der Waals surface area contributed by atoms with E-state index in [1.54, 1.807) is 7.11 Å². The van der Waals surface area contributed by atoms with E-state index >= 15 is 0 Å². The summed E-state index contributed by atoms with van der Waals surface area (Å²) < 4.78 is 5.14. The van der Waals surface area contributed by atoms with Crippen LogP contribution in [0.1, 0.15) is 29.7 Å². The Morgan fingerprint density at radius 1 is 1.29 bits per heavy atom. The molecule has 4 heteroatoms. The molecule has 21 heavy (non-hydrogen) atoms. The number of nitrogens with zero attached hydrogens (tertiary/aromatic N) is 1. The molecule has 0 amide bonds. The van der Waals surface area contributed by atoms with Crippen molar-refractivity contribution in [3.8, 4) is 11.8 Å². The lowest BCUT2D eigenvalue weighted by molar-refractivity contribution is 0.413. The van der Waals surface area contributed by atoms with E-state index in [1.807, 2.05) is 42.5 Å². The first-order valence-electron chi connectivity index (χ1n) is 6.70. The van der Waals surface area contributed by atoms with Crippen molar-refractivity contribution in [1.29, 1.82) is 5.26 Å². The minimum Gasteiger partial charge on any atom is -0.495 e. The molecular weight excluding hydrogens is 284 g/mol. The van der Waals surface area contributed by atoms with Crippen LogP contribution in [-0.4, -0.2) is 7.11 Å². The predicted molar refractivity (Wildman–Crippen MR) is 84.4 cm³/mol. The standard InChI is InChI=1S/C17H17ClN2O/c1-12(15-5-3-4-6-16(15)18)20-11-13-7-8-17(21-2)14(9-13)10-19/h3-9,12,20H,11H2,1-2H3/t12-/m0/s1. The molecule has 1 atom stereocenters. The third kappa shape index (κ3) is 3.75. The van der Waals surface area contributed by atoms with Gasteiger partial charge in [0.1, 0.15) is 11.8 Å². The highest BCUT2D eigenvalue weighted by Crippen LogP contribution is 2.23. The number of nitrogens with one attached hydrogen (secondary N) is 1. The van der Waals surface area contributed by atoms with E-state index in [-0.39, 0.29) is 6.04 Å². The molecule has 0 fully saturated rings. The zero-order valence-corrected chi connectivity index (χ0v) is 12.8. The van der Waals surface area contributed by atoms with Crippen molar-refractivity contribution in [1.82, 2.24) is 5.32 Å². The highest BCUT2D eigenvalue weighted by molar-refractivity contribution is 6.31. The molecule has 0 saturated carbocycles. The molecule has 2 aromatic rings. The summed E-state index contributed by atoms with van der Waals surface area (Å²) in [5, 5.41) is 13.3. The second-order valence-electron chi connectivity index (χ2n) is 4.77. The van der Waals surface area contributed by atoms with Gasteiger partial charge >= 0.3 is 0 Å². The first-order chi connectivity index (χ1) is 10.2. The third-order valence-corrected chi connectivity index (χ3v) is 3.71. The summed E-state index contributed by atoms with van der Waals surface area (Å²) in [6, 6.07) is 15.7. The van der Waals surface area contributed by atoms with Gasteiger partial charge in [-0.15, -0.1) is 0 Å². The molecule has 0 aromatic heterocycles. The van der Waals surface area contributed by atoms with E-state index in [1.165, 1.54) is 0 Å². The van der Waals surface area contributed by atoms with Crippen molar-refractivity contribution in [3.05, 3.63) is 64.2 Å². The second kappa shape index (κ2) is 7.12. The molecule has 3 nitrogen and oxygen atoms in total. The number of rotatable bonds is 5. The van der Waals surface area contributed by atoms with Gasteiger partial charge in [-0.3, -0.25) is 0 Å². The molecule has 0 heterocycles. The van der Waals surface area contributed by atoms with Gasteiger partial charge in [-0.2, -0.15) is 5.26 Å². The molecule has 0 aliphatic rings. The van der Waals surface area contributed by atoms with Crippen LogP contribution in [0.15, 0.2) is 42.5 Å². The predicted octanol–water partition coefficient (Wildman–Crippen LogP) is 4.07. The minimum absolute atomic E-state index is 0.131. The van der Waals surface area contributed by atoms with Gasteiger partial charge in [-0.25, -0.2) is 0 Å². The molecule has 108 valence electrons. The van der Waals surface area contributed by atoms with E-state index in [9.17, 15) is 0 Å². The molecular formula is C17H17ClN2O. The fourth-order valence-corrected chi connectivity index (χ4v) is 2.46. The van der Waals surface area contributed by atoms with Gasteiger partial charge in [0.05, 0.1) is 12.7 Å². The van der Waals surface area contributed by atoms with E-state index in [2.05, 4.69) is 18.3 Å². The molecule has 2 aromatic carbocycles. The summed E-state index contributed by atoms with van der Waals surface area (Å²) in [4.78, 5) is 0. The summed E-state index contributed by atoms with van der Waals surface area (Å²) in [7, 11) is 1.56. The normalized spacial score (nSPS) is 11.7. The first kappa shape index (κ1) is 15.4. The number of hydrogen-bond acceptors (Lipinski definition) is 3. The smallest absolute Gasteiger partial charge is 0.136 e. The average molecular weight is 301 g/mol. The second-order valence-corrected chi connectivity index (χ2v) is 5.18. The number of halogens is 1. The number of benzene rings is 2. The molecule has 0 spiro atoms. The van der Waals surface area contributed by atoms with Crippen molar-refractivity contribution >= 4 is 11.6 Å². The van der Waals surface area contributed by atoms with E-state index in [0.717, 1.165) is 16.1 Å². The molecule has 0 saturated heterocycles. The summed E-state index contributed by atoms with van der Waals surface area (Å²) >= 11 is 6.19. The summed E-state index contributed by atoms with van der Waals surface area (Å²) in [6.07, 6.45) is 0. The van der Waals surface area contributed by atoms with Gasteiger partial charge in [0.2, 0.25) is 0 Å². The number of hydrogen-bond donors (Lipinski definition) is 1. The average Bonchev–Trinajstić information content (AvgIpc) is 2.52. The zero-order chi connectivity index (χ0) is 15.2. The highest BCUT2D eigenvalue weighted by atomic mass is 35.5. The van der Waals surface area contributed by atoms with Crippen molar-refractivity contribution in [2.75, 3.05) is 7.11 Å². The first-order valence-corrected chi connectivity index (χ1v) is 7.08. The number of methoxy groups -OCH3 is 1. The molecule has 0 radical (unpaired) electrons. The van der Waals surface area contributed by atoms with Crippen LogP contribution in [0.2, 0.25) is 5.02 Å². The minimum atomic E-state index is 0.131. The van der Waals surface area contributed by atoms with Gasteiger partial charge in [0.25, 0.3) is 0 Å². The Morgan fingerprint density at radius 3 is 2.71 bits per heavy atom. The van der Waals surface area contributed by atoms with Crippen molar-refractivity contribution in [2.24, 2.45) is 0 Å². The Kier molecular flexibility index (Phi) is 5.21. The van der Waals surface area contributed by atoms with Crippen molar-refractivity contribution < 1.29 is 4.74 Å². The molecule has 1 N–H and O–H groups in total. The van der Waals surface area contributed by atoms with Crippen LogP contribution in [0.4, 0.5) is 0 Å². The summed E-state index contributed by atoms with van der Waals surface area (Å²) in [6.45, 7) is 2.72. The van der Waals surface area contributed by atoms with Crippen LogP contribution < -0.4 is 10.1 Å². The monoisotopic (exact) mass is 300 g/mol. The Balaban J connectivity index is 2.07. The molecule has 0 aliphatic carbocycles. The van der Waals surface area contributed by atoms with Crippen LogP contribution >= 0.6 is 11.6 Å². The third-order valence-electron chi connectivity index (χ3n) is 3.37. The van der Waals surface area contributed by atoms with E-state index in [4.69, 9.17) is 21.6 Å². The van der Waals surface area contributed by atoms with Crippen molar-refractivity contribution in [3.63, 3.8) is 0 Å². The molecule has 0 bridgehead atoms. The lowest BCUT2D eigenvalue weighted by Crippen LogP contribution is -2.18. The van der Waals surface area contributed by atoms with Crippen LogP contribution in [0.25, 0.3) is 0 Å². The maximum absolute atomic E-state index is 9.10.